The molecule has 10 rings (SSSR count). The summed E-state index contributed by atoms with van der Waals surface area (Å²) in [7, 11) is 0. The second-order valence-corrected chi connectivity index (χ2v) is 13.8. The van der Waals surface area contributed by atoms with E-state index in [4.69, 9.17) is 0 Å². The zero-order valence-electron chi connectivity index (χ0n) is 29.2. The summed E-state index contributed by atoms with van der Waals surface area (Å²) in [6.07, 6.45) is 0. The van der Waals surface area contributed by atoms with Gasteiger partial charge in [0.05, 0.1) is 0 Å². The molecule has 0 saturated carbocycles. The highest BCUT2D eigenvalue weighted by molar-refractivity contribution is 6.20. The topological polar surface area (TPSA) is 3.24 Å². The van der Waals surface area contributed by atoms with Crippen molar-refractivity contribution >= 4 is 60.2 Å². The summed E-state index contributed by atoms with van der Waals surface area (Å²) < 4.78 is 0. The van der Waals surface area contributed by atoms with Crippen LogP contribution in [0.2, 0.25) is 0 Å². The molecule has 53 heavy (non-hydrogen) atoms. The maximum absolute atomic E-state index is 2.36. The molecule has 0 aliphatic rings. The fraction of sp³-hybridized carbons (Fsp3) is 0. The van der Waals surface area contributed by atoms with Gasteiger partial charge in [0.15, 0.2) is 0 Å². The number of nitrogens with zero attached hydrogens (tertiary/aromatic N) is 1. The number of hydrogen-bond donors (Lipinski definition) is 0. The van der Waals surface area contributed by atoms with Gasteiger partial charge in [-0.2, -0.15) is 0 Å². The SMILES string of the molecule is c1ccc(-c2ccc(N(c3ccc(-c4ccc5c(ccc6ccc7ccccc7c65)c4)cc3)c3cccc(-c4ccc5ccccc5c4)c3)cc2)cc1. The summed E-state index contributed by atoms with van der Waals surface area (Å²) in [5, 5.41) is 10.2. The number of anilines is 3. The van der Waals surface area contributed by atoms with E-state index < -0.39 is 0 Å². The summed E-state index contributed by atoms with van der Waals surface area (Å²) >= 11 is 0. The highest BCUT2D eigenvalue weighted by Gasteiger charge is 2.15. The molecule has 0 heterocycles. The van der Waals surface area contributed by atoms with E-state index in [1.165, 1.54) is 76.5 Å². The number of benzene rings is 10. The monoisotopic (exact) mass is 673 g/mol. The van der Waals surface area contributed by atoms with Gasteiger partial charge in [-0.1, -0.05) is 164 Å². The number of hydrogen-bond acceptors (Lipinski definition) is 1. The fourth-order valence-electron chi connectivity index (χ4n) is 7.89. The first-order valence-electron chi connectivity index (χ1n) is 18.2. The number of rotatable bonds is 6. The Hall–Kier alpha value is -6.96. The van der Waals surface area contributed by atoms with Crippen molar-refractivity contribution in [3.63, 3.8) is 0 Å². The molecule has 248 valence electrons. The molecule has 0 fully saturated rings. The molecule has 0 spiro atoms. The van der Waals surface area contributed by atoms with Crippen molar-refractivity contribution in [2.24, 2.45) is 0 Å². The van der Waals surface area contributed by atoms with Crippen LogP contribution in [0, 0.1) is 0 Å². The summed E-state index contributed by atoms with van der Waals surface area (Å²) in [6, 6.07) is 77.2. The Morgan fingerprint density at radius 1 is 0.226 bits per heavy atom. The van der Waals surface area contributed by atoms with Gasteiger partial charge in [0.1, 0.15) is 0 Å². The summed E-state index contributed by atoms with van der Waals surface area (Å²) in [5.41, 5.74) is 10.5. The van der Waals surface area contributed by atoms with Gasteiger partial charge in [-0.05, 0) is 125 Å². The molecule has 0 N–H and O–H groups in total. The van der Waals surface area contributed by atoms with Gasteiger partial charge in [0, 0.05) is 17.1 Å². The van der Waals surface area contributed by atoms with Crippen LogP contribution < -0.4 is 4.90 Å². The minimum atomic E-state index is 1.11. The van der Waals surface area contributed by atoms with Crippen LogP contribution in [-0.4, -0.2) is 0 Å². The zero-order chi connectivity index (χ0) is 35.1. The van der Waals surface area contributed by atoms with Crippen LogP contribution in [0.5, 0.6) is 0 Å². The molecule has 10 aromatic rings. The molecule has 0 bridgehead atoms. The van der Waals surface area contributed by atoms with E-state index in [0.717, 1.165) is 17.1 Å². The quantitative estimate of drug-likeness (QED) is 0.159. The van der Waals surface area contributed by atoms with Crippen LogP contribution >= 0.6 is 0 Å². The third-order valence-corrected chi connectivity index (χ3v) is 10.6. The molecular weight excluding hydrogens is 639 g/mol. The molecular formula is C52H35N. The average Bonchev–Trinajstić information content (AvgIpc) is 3.24. The van der Waals surface area contributed by atoms with Gasteiger partial charge in [0.2, 0.25) is 0 Å². The largest absolute Gasteiger partial charge is 0.310 e. The van der Waals surface area contributed by atoms with Crippen LogP contribution in [0.1, 0.15) is 0 Å². The lowest BCUT2D eigenvalue weighted by molar-refractivity contribution is 1.28. The maximum atomic E-state index is 2.36. The van der Waals surface area contributed by atoms with Gasteiger partial charge in [-0.3, -0.25) is 0 Å². The second kappa shape index (κ2) is 13.0. The van der Waals surface area contributed by atoms with Crippen molar-refractivity contribution in [2.75, 3.05) is 4.90 Å². The van der Waals surface area contributed by atoms with Crippen molar-refractivity contribution in [2.45, 2.75) is 0 Å². The lowest BCUT2D eigenvalue weighted by Crippen LogP contribution is -2.10. The van der Waals surface area contributed by atoms with Gasteiger partial charge in [-0.25, -0.2) is 0 Å². The van der Waals surface area contributed by atoms with Gasteiger partial charge < -0.3 is 4.90 Å². The normalized spacial score (nSPS) is 11.4. The van der Waals surface area contributed by atoms with E-state index in [1.54, 1.807) is 0 Å². The summed E-state index contributed by atoms with van der Waals surface area (Å²) in [6.45, 7) is 0. The Morgan fingerprint density at radius 3 is 1.47 bits per heavy atom. The molecule has 0 aromatic heterocycles. The first kappa shape index (κ1) is 30.8. The summed E-state index contributed by atoms with van der Waals surface area (Å²) in [5.74, 6) is 0. The molecule has 0 unspecified atom stereocenters. The molecule has 0 radical (unpaired) electrons. The van der Waals surface area contributed by atoms with Gasteiger partial charge in [-0.15, -0.1) is 0 Å². The third-order valence-electron chi connectivity index (χ3n) is 10.6. The highest BCUT2D eigenvalue weighted by atomic mass is 15.1. The van der Waals surface area contributed by atoms with Crippen LogP contribution in [0.25, 0.3) is 76.5 Å². The van der Waals surface area contributed by atoms with Crippen molar-refractivity contribution in [3.05, 3.63) is 212 Å². The Labute approximate surface area is 309 Å². The Balaban J connectivity index is 1.05. The summed E-state index contributed by atoms with van der Waals surface area (Å²) in [4.78, 5) is 2.36. The molecule has 0 atom stereocenters. The molecule has 10 aromatic carbocycles. The van der Waals surface area contributed by atoms with Crippen LogP contribution in [0.4, 0.5) is 17.1 Å². The fourth-order valence-corrected chi connectivity index (χ4v) is 7.89. The first-order valence-corrected chi connectivity index (χ1v) is 18.2. The lowest BCUT2D eigenvalue weighted by atomic mass is 9.94. The van der Waals surface area contributed by atoms with Crippen LogP contribution in [-0.2, 0) is 0 Å². The average molecular weight is 674 g/mol. The predicted octanol–water partition coefficient (Wildman–Crippen LogP) is 14.8. The van der Waals surface area contributed by atoms with Crippen molar-refractivity contribution in [1.29, 1.82) is 0 Å². The van der Waals surface area contributed by atoms with E-state index in [1.807, 2.05) is 0 Å². The predicted molar refractivity (Wildman–Crippen MR) is 227 cm³/mol. The van der Waals surface area contributed by atoms with E-state index in [-0.39, 0.29) is 0 Å². The van der Waals surface area contributed by atoms with Crippen molar-refractivity contribution in [1.82, 2.24) is 0 Å². The number of fused-ring (bicyclic) bond motifs is 6. The Morgan fingerprint density at radius 2 is 0.698 bits per heavy atom. The Bertz CT molecular complexity index is 2920. The maximum Gasteiger partial charge on any atom is 0.0467 e. The molecule has 1 heteroatoms. The van der Waals surface area contributed by atoms with Gasteiger partial charge in [0.25, 0.3) is 0 Å². The third kappa shape index (κ3) is 5.69. The minimum absolute atomic E-state index is 1.11. The van der Waals surface area contributed by atoms with E-state index in [0.29, 0.717) is 0 Å². The lowest BCUT2D eigenvalue weighted by Gasteiger charge is -2.26. The molecule has 0 aliphatic heterocycles. The minimum Gasteiger partial charge on any atom is -0.310 e. The zero-order valence-corrected chi connectivity index (χ0v) is 29.2. The molecule has 0 aliphatic carbocycles. The molecule has 0 saturated heterocycles. The smallest absolute Gasteiger partial charge is 0.0467 e. The van der Waals surface area contributed by atoms with Crippen molar-refractivity contribution < 1.29 is 0 Å². The van der Waals surface area contributed by atoms with E-state index >= 15 is 0 Å². The van der Waals surface area contributed by atoms with Gasteiger partial charge >= 0.3 is 0 Å². The van der Waals surface area contributed by atoms with Crippen LogP contribution in [0.15, 0.2) is 212 Å². The van der Waals surface area contributed by atoms with E-state index in [2.05, 4.69) is 217 Å². The standard InChI is InChI=1S/C52H35N/c1-2-9-36(10-3-1)38-23-28-47(29-24-38)53(49-15-8-14-43(35-49)45-21-17-37-11-4-5-13-42(37)33-45)48-30-25-39(26-31-48)44-27-32-51-46(34-44)22-20-41-19-18-40-12-6-7-16-50(40)52(41)51/h1-35H. The van der Waals surface area contributed by atoms with Crippen LogP contribution in [0.3, 0.4) is 0 Å². The molecule has 1 nitrogen and oxygen atoms in total. The second-order valence-electron chi connectivity index (χ2n) is 13.8. The molecule has 0 amide bonds. The first-order chi connectivity index (χ1) is 26.2. The highest BCUT2D eigenvalue weighted by Crippen LogP contribution is 2.40. The van der Waals surface area contributed by atoms with E-state index in [9.17, 15) is 0 Å². The Kier molecular flexibility index (Phi) is 7.55. The van der Waals surface area contributed by atoms with Crippen molar-refractivity contribution in [3.8, 4) is 33.4 Å².